The summed E-state index contributed by atoms with van der Waals surface area (Å²) in [6.07, 6.45) is 12.3. The van der Waals surface area contributed by atoms with Crippen LogP contribution in [0.1, 0.15) is 47.0 Å². The number of piperidine rings is 1. The van der Waals surface area contributed by atoms with E-state index in [1.165, 1.54) is 5.57 Å². The number of hydrogen-bond donors (Lipinski definition) is 1. The van der Waals surface area contributed by atoms with Crippen LogP contribution in [0, 0.1) is 0 Å². The highest BCUT2D eigenvalue weighted by Gasteiger charge is 2.10. The third kappa shape index (κ3) is 7.45. The molecule has 0 bridgehead atoms. The smallest absolute Gasteiger partial charge is 0.0124 e. The van der Waals surface area contributed by atoms with Gasteiger partial charge in [-0.25, -0.2) is 0 Å². The van der Waals surface area contributed by atoms with E-state index in [2.05, 4.69) is 55.3 Å². The Morgan fingerprint density at radius 2 is 1.88 bits per heavy atom. The summed E-state index contributed by atoms with van der Waals surface area (Å²) < 4.78 is 2.09. The van der Waals surface area contributed by atoms with Crippen LogP contribution in [0.2, 0.25) is 0 Å². The first-order chi connectivity index (χ1) is 8.26. The first-order valence-electron chi connectivity index (χ1n) is 6.72. The van der Waals surface area contributed by atoms with Gasteiger partial charge in [0.05, 0.1) is 0 Å². The van der Waals surface area contributed by atoms with Crippen molar-refractivity contribution >= 4 is 12.8 Å². The molecule has 0 unspecified atom stereocenters. The van der Waals surface area contributed by atoms with Gasteiger partial charge in [-0.1, -0.05) is 63.5 Å². The maximum absolute atomic E-state index is 4.35. The summed E-state index contributed by atoms with van der Waals surface area (Å²) in [5.74, 6) is 0. The molecule has 1 fully saturated rings. The average molecular weight is 253 g/mol. The standard InChI is InChI=1S/C13H21NS.C2H6/c1-3-5-12(6-4-2)11-13-7-9-14(15)10-8-13;1-2/h3,5-6,11,15H,4,7-10H2,1-2H3;1-2H3/b5-3-,12-6+;. The maximum atomic E-state index is 4.35. The van der Waals surface area contributed by atoms with E-state index >= 15 is 0 Å². The van der Waals surface area contributed by atoms with Crippen molar-refractivity contribution in [2.24, 2.45) is 0 Å². The molecule has 0 aromatic heterocycles. The van der Waals surface area contributed by atoms with Crippen molar-refractivity contribution in [1.82, 2.24) is 4.31 Å². The molecule has 0 radical (unpaired) electrons. The van der Waals surface area contributed by atoms with Gasteiger partial charge in [-0.05, 0) is 31.8 Å². The van der Waals surface area contributed by atoms with Crippen LogP contribution in [0.5, 0.6) is 0 Å². The topological polar surface area (TPSA) is 3.24 Å². The first kappa shape index (κ1) is 16.5. The molecule has 1 heterocycles. The van der Waals surface area contributed by atoms with Crippen molar-refractivity contribution in [2.75, 3.05) is 13.1 Å². The van der Waals surface area contributed by atoms with Gasteiger partial charge in [-0.3, -0.25) is 4.31 Å². The van der Waals surface area contributed by atoms with E-state index in [0.29, 0.717) is 0 Å². The minimum absolute atomic E-state index is 1.07. The molecule has 1 rings (SSSR count). The Hall–Kier alpha value is -0.470. The van der Waals surface area contributed by atoms with Gasteiger partial charge in [0.25, 0.3) is 0 Å². The van der Waals surface area contributed by atoms with Crippen LogP contribution in [0.15, 0.2) is 35.5 Å². The molecule has 1 saturated heterocycles. The van der Waals surface area contributed by atoms with E-state index < -0.39 is 0 Å². The molecule has 0 spiro atoms. The maximum Gasteiger partial charge on any atom is 0.0124 e. The molecule has 2 heteroatoms. The van der Waals surface area contributed by atoms with Crippen molar-refractivity contribution in [3.8, 4) is 0 Å². The van der Waals surface area contributed by atoms with Gasteiger partial charge in [0.2, 0.25) is 0 Å². The summed E-state index contributed by atoms with van der Waals surface area (Å²) in [6, 6.07) is 0. The summed E-state index contributed by atoms with van der Waals surface area (Å²) in [4.78, 5) is 0. The second-order valence-electron chi connectivity index (χ2n) is 3.87. The van der Waals surface area contributed by atoms with E-state index in [-0.39, 0.29) is 0 Å². The molecule has 0 aromatic rings. The van der Waals surface area contributed by atoms with Gasteiger partial charge in [0.15, 0.2) is 0 Å². The molecule has 1 aliphatic heterocycles. The monoisotopic (exact) mass is 253 g/mol. The summed E-state index contributed by atoms with van der Waals surface area (Å²) in [7, 11) is 0. The van der Waals surface area contributed by atoms with E-state index in [1.54, 1.807) is 5.57 Å². The van der Waals surface area contributed by atoms with Gasteiger partial charge in [-0.2, -0.15) is 0 Å². The van der Waals surface area contributed by atoms with Crippen LogP contribution < -0.4 is 0 Å². The Balaban J connectivity index is 0.00000121. The normalized spacial score (nSPS) is 17.9. The molecule has 98 valence electrons. The van der Waals surface area contributed by atoms with Crippen molar-refractivity contribution in [1.29, 1.82) is 0 Å². The summed E-state index contributed by atoms with van der Waals surface area (Å²) in [5.41, 5.74) is 2.90. The molecule has 0 saturated carbocycles. The van der Waals surface area contributed by atoms with Crippen LogP contribution in [-0.2, 0) is 0 Å². The minimum Gasteiger partial charge on any atom is -0.253 e. The SMILES string of the molecule is C/C=C\C(C=C1CCN(S)CC1)=C/CC.CC. The molecule has 0 amide bonds. The van der Waals surface area contributed by atoms with Crippen molar-refractivity contribution in [3.63, 3.8) is 0 Å². The zero-order valence-corrected chi connectivity index (χ0v) is 12.6. The zero-order chi connectivity index (χ0) is 13.1. The van der Waals surface area contributed by atoms with E-state index in [9.17, 15) is 0 Å². The lowest BCUT2D eigenvalue weighted by atomic mass is 10.0. The fraction of sp³-hybridized carbons (Fsp3) is 0.600. The zero-order valence-electron chi connectivity index (χ0n) is 11.7. The number of nitrogens with zero attached hydrogens (tertiary/aromatic N) is 1. The molecule has 1 nitrogen and oxygen atoms in total. The molecule has 1 aliphatic rings. The molecule has 0 aromatic carbocycles. The third-order valence-electron chi connectivity index (χ3n) is 2.55. The van der Waals surface area contributed by atoms with E-state index in [0.717, 1.165) is 32.4 Å². The Kier molecular flexibility index (Phi) is 10.4. The molecular formula is C15H27NS. The fourth-order valence-electron chi connectivity index (χ4n) is 1.77. The quantitative estimate of drug-likeness (QED) is 0.559. The Morgan fingerprint density at radius 3 is 2.35 bits per heavy atom. The molecule has 17 heavy (non-hydrogen) atoms. The fourth-order valence-corrected chi connectivity index (χ4v) is 1.97. The average Bonchev–Trinajstić information content (AvgIpc) is 2.35. The van der Waals surface area contributed by atoms with Gasteiger partial charge >= 0.3 is 0 Å². The number of hydrogen-bond acceptors (Lipinski definition) is 2. The lowest BCUT2D eigenvalue weighted by molar-refractivity contribution is 0.439. The number of thiol groups is 1. The molecule has 0 N–H and O–H groups in total. The van der Waals surface area contributed by atoms with Crippen LogP contribution in [0.25, 0.3) is 0 Å². The van der Waals surface area contributed by atoms with Crippen molar-refractivity contribution < 1.29 is 0 Å². The summed E-state index contributed by atoms with van der Waals surface area (Å²) in [6.45, 7) is 10.4. The molecule has 0 atom stereocenters. The van der Waals surface area contributed by atoms with Gasteiger partial charge in [-0.15, -0.1) is 0 Å². The highest BCUT2D eigenvalue weighted by Crippen LogP contribution is 2.19. The predicted octanol–water partition coefficient (Wildman–Crippen LogP) is 4.79. The highest BCUT2D eigenvalue weighted by atomic mass is 32.1. The lowest BCUT2D eigenvalue weighted by Gasteiger charge is -2.22. The number of rotatable bonds is 3. The Bertz CT molecular complexity index is 267. The summed E-state index contributed by atoms with van der Waals surface area (Å²) >= 11 is 4.35. The second kappa shape index (κ2) is 10.7. The predicted molar refractivity (Wildman–Crippen MR) is 82.4 cm³/mol. The molecular weight excluding hydrogens is 226 g/mol. The third-order valence-corrected chi connectivity index (χ3v) is 2.95. The van der Waals surface area contributed by atoms with Gasteiger partial charge in [0, 0.05) is 13.1 Å². The molecule has 0 aliphatic carbocycles. The lowest BCUT2D eigenvalue weighted by Crippen LogP contribution is -2.21. The van der Waals surface area contributed by atoms with Gasteiger partial charge in [0.1, 0.15) is 0 Å². The highest BCUT2D eigenvalue weighted by molar-refractivity contribution is 7.77. The summed E-state index contributed by atoms with van der Waals surface area (Å²) in [5, 5.41) is 0. The Labute approximate surface area is 113 Å². The van der Waals surface area contributed by atoms with Crippen LogP contribution >= 0.6 is 12.8 Å². The van der Waals surface area contributed by atoms with Crippen LogP contribution in [0.4, 0.5) is 0 Å². The van der Waals surface area contributed by atoms with Crippen LogP contribution in [0.3, 0.4) is 0 Å². The van der Waals surface area contributed by atoms with Crippen molar-refractivity contribution in [3.05, 3.63) is 35.5 Å². The Morgan fingerprint density at radius 1 is 1.29 bits per heavy atom. The van der Waals surface area contributed by atoms with E-state index in [4.69, 9.17) is 0 Å². The largest absolute Gasteiger partial charge is 0.253 e. The minimum atomic E-state index is 1.07. The number of allylic oxidation sites excluding steroid dienone is 5. The second-order valence-corrected chi connectivity index (χ2v) is 4.43. The van der Waals surface area contributed by atoms with E-state index in [1.807, 2.05) is 13.8 Å². The van der Waals surface area contributed by atoms with Crippen molar-refractivity contribution in [2.45, 2.75) is 47.0 Å². The van der Waals surface area contributed by atoms with Gasteiger partial charge < -0.3 is 0 Å². The van der Waals surface area contributed by atoms with Crippen LogP contribution in [-0.4, -0.2) is 17.4 Å². The first-order valence-corrected chi connectivity index (χ1v) is 7.12.